The Morgan fingerprint density at radius 3 is 1.68 bits per heavy atom. The number of carboxylic acids is 4. The van der Waals surface area contributed by atoms with Gasteiger partial charge in [-0.05, 0) is 36.0 Å². The SMILES string of the molecule is COc1ccc(N=C=S)cc1CC(C(=O)O)N1CCN(CC(=O)O)CCN(CC(=O)O)CCN(CC(=O)O)CC1. The van der Waals surface area contributed by atoms with Gasteiger partial charge in [-0.1, -0.05) is 0 Å². The maximum Gasteiger partial charge on any atom is 0.321 e. The number of aliphatic imine (C=N–C) groups is 1. The van der Waals surface area contributed by atoms with Crippen molar-refractivity contribution in [2.24, 2.45) is 4.99 Å². The molecule has 4 N–H and O–H groups in total. The van der Waals surface area contributed by atoms with Crippen molar-refractivity contribution in [3.8, 4) is 5.75 Å². The average Bonchev–Trinajstić information content (AvgIpc) is 2.87. The Hall–Kier alpha value is -3.46. The predicted octanol–water partition coefficient (Wildman–Crippen LogP) is -0.0994. The second-order valence-electron chi connectivity index (χ2n) is 9.30. The fourth-order valence-electron chi connectivity index (χ4n) is 4.54. The quantitative estimate of drug-likeness (QED) is 0.189. The number of carbonyl (C=O) groups is 4. The highest BCUT2D eigenvalue weighted by atomic mass is 32.1. The van der Waals surface area contributed by atoms with Crippen LogP contribution in [0.25, 0.3) is 0 Å². The van der Waals surface area contributed by atoms with E-state index in [-0.39, 0.29) is 78.4 Å². The maximum absolute atomic E-state index is 12.5. The summed E-state index contributed by atoms with van der Waals surface area (Å²) in [5.74, 6) is -3.83. The van der Waals surface area contributed by atoms with Crippen LogP contribution in [-0.4, -0.2) is 154 Å². The number of isothiocyanates is 1. The second-order valence-corrected chi connectivity index (χ2v) is 9.49. The number of methoxy groups -OCH3 is 1. The van der Waals surface area contributed by atoms with Crippen molar-refractivity contribution >= 4 is 46.9 Å². The van der Waals surface area contributed by atoms with Gasteiger partial charge in [-0.3, -0.25) is 38.8 Å². The van der Waals surface area contributed by atoms with E-state index in [4.69, 9.17) is 4.74 Å². The van der Waals surface area contributed by atoms with E-state index < -0.39 is 29.9 Å². The summed E-state index contributed by atoms with van der Waals surface area (Å²) in [5, 5.41) is 40.6. The molecular formula is C25H35N5O9S. The molecule has 0 saturated carbocycles. The van der Waals surface area contributed by atoms with Crippen molar-refractivity contribution in [1.29, 1.82) is 0 Å². The van der Waals surface area contributed by atoms with Crippen LogP contribution in [0.3, 0.4) is 0 Å². The molecule has 1 unspecified atom stereocenters. The topological polar surface area (TPSA) is 184 Å². The van der Waals surface area contributed by atoms with Crippen LogP contribution in [-0.2, 0) is 25.6 Å². The Morgan fingerprint density at radius 2 is 1.30 bits per heavy atom. The van der Waals surface area contributed by atoms with Crippen molar-refractivity contribution in [2.75, 3.05) is 79.1 Å². The van der Waals surface area contributed by atoms with E-state index in [1.165, 1.54) is 7.11 Å². The van der Waals surface area contributed by atoms with Crippen LogP contribution in [0, 0.1) is 0 Å². The van der Waals surface area contributed by atoms with Crippen LogP contribution in [0.4, 0.5) is 5.69 Å². The Balaban J connectivity index is 2.39. The molecule has 1 aliphatic heterocycles. The van der Waals surface area contributed by atoms with Crippen molar-refractivity contribution in [1.82, 2.24) is 19.6 Å². The first-order valence-corrected chi connectivity index (χ1v) is 13.0. The molecule has 220 valence electrons. The van der Waals surface area contributed by atoms with Crippen LogP contribution >= 0.6 is 12.2 Å². The Kier molecular flexibility index (Phi) is 13.6. The highest BCUT2D eigenvalue weighted by Crippen LogP contribution is 2.26. The average molecular weight is 582 g/mol. The molecule has 1 atom stereocenters. The minimum absolute atomic E-state index is 0.0313. The Morgan fingerprint density at radius 1 is 0.850 bits per heavy atom. The fraction of sp³-hybridized carbons (Fsp3) is 0.560. The molecule has 1 aliphatic rings. The molecule has 0 amide bonds. The normalized spacial score (nSPS) is 17.5. The Labute approximate surface area is 237 Å². The third kappa shape index (κ3) is 11.3. The summed E-state index contributed by atoms with van der Waals surface area (Å²) in [7, 11) is 1.47. The molecular weight excluding hydrogens is 546 g/mol. The van der Waals surface area contributed by atoms with Gasteiger partial charge in [0.1, 0.15) is 11.8 Å². The van der Waals surface area contributed by atoms with Crippen LogP contribution in [0.2, 0.25) is 0 Å². The van der Waals surface area contributed by atoms with Crippen molar-refractivity contribution in [3.63, 3.8) is 0 Å². The van der Waals surface area contributed by atoms with Crippen LogP contribution in [0.5, 0.6) is 5.75 Å². The van der Waals surface area contributed by atoms with E-state index in [9.17, 15) is 39.6 Å². The van der Waals surface area contributed by atoms with Crippen molar-refractivity contribution < 1.29 is 44.3 Å². The lowest BCUT2D eigenvalue weighted by molar-refractivity contribution is -0.144. The number of nitrogens with zero attached hydrogens (tertiary/aromatic N) is 5. The molecule has 15 heteroatoms. The second kappa shape index (κ2) is 16.6. The molecule has 0 bridgehead atoms. The van der Waals surface area contributed by atoms with Gasteiger partial charge >= 0.3 is 23.9 Å². The van der Waals surface area contributed by atoms with E-state index in [1.807, 2.05) is 0 Å². The molecule has 1 aromatic rings. The summed E-state index contributed by atoms with van der Waals surface area (Å²) in [6, 6.07) is 3.93. The van der Waals surface area contributed by atoms with Gasteiger partial charge in [0.05, 0.1) is 37.6 Å². The monoisotopic (exact) mass is 581 g/mol. The number of rotatable bonds is 12. The number of benzene rings is 1. The lowest BCUT2D eigenvalue weighted by atomic mass is 10.0. The number of aliphatic carboxylic acids is 4. The summed E-state index contributed by atoms with van der Waals surface area (Å²) >= 11 is 4.68. The minimum atomic E-state index is -1.11. The molecule has 0 spiro atoms. The van der Waals surface area contributed by atoms with Crippen molar-refractivity contribution in [3.05, 3.63) is 23.8 Å². The smallest absolute Gasteiger partial charge is 0.321 e. The fourth-order valence-corrected chi connectivity index (χ4v) is 4.65. The van der Waals surface area contributed by atoms with Crippen LogP contribution in [0.1, 0.15) is 5.56 Å². The van der Waals surface area contributed by atoms with Gasteiger partial charge in [-0.25, -0.2) is 0 Å². The van der Waals surface area contributed by atoms with E-state index in [1.54, 1.807) is 37.8 Å². The van der Waals surface area contributed by atoms with Gasteiger partial charge in [-0.2, -0.15) is 4.99 Å². The van der Waals surface area contributed by atoms with Gasteiger partial charge in [0, 0.05) is 58.8 Å². The Bertz CT molecular complexity index is 1070. The van der Waals surface area contributed by atoms with Gasteiger partial charge in [0.15, 0.2) is 0 Å². The zero-order valence-corrected chi connectivity index (χ0v) is 23.1. The summed E-state index contributed by atoms with van der Waals surface area (Å²) < 4.78 is 5.42. The van der Waals surface area contributed by atoms with Gasteiger partial charge < -0.3 is 25.2 Å². The number of carboxylic acid groups (broad SMARTS) is 4. The van der Waals surface area contributed by atoms with Gasteiger partial charge in [0.2, 0.25) is 0 Å². The van der Waals surface area contributed by atoms with Crippen LogP contribution in [0.15, 0.2) is 23.2 Å². The van der Waals surface area contributed by atoms with E-state index in [0.29, 0.717) is 17.0 Å². The first-order chi connectivity index (χ1) is 19.0. The number of hydrogen-bond acceptors (Lipinski definition) is 11. The molecule has 0 aromatic heterocycles. The van der Waals surface area contributed by atoms with Gasteiger partial charge in [-0.15, -0.1) is 0 Å². The van der Waals surface area contributed by atoms with E-state index in [0.717, 1.165) is 0 Å². The predicted molar refractivity (Wildman–Crippen MR) is 147 cm³/mol. The molecule has 0 radical (unpaired) electrons. The van der Waals surface area contributed by atoms with Crippen molar-refractivity contribution in [2.45, 2.75) is 12.5 Å². The zero-order valence-electron chi connectivity index (χ0n) is 22.3. The minimum Gasteiger partial charge on any atom is -0.496 e. The standard InChI is InChI=1S/C25H35N5O9S/c1-39-21-3-2-19(26-17-40)12-18(21)13-20(25(37)38)30-10-8-28(15-23(33)34)6-4-27(14-22(31)32)5-7-29(9-11-30)16-24(35)36/h2-3,12,20H,4-11,13-16H2,1H3,(H,31,32)(H,33,34)(H,35,36)(H,37,38). The first kappa shape index (κ1) is 32.8. The summed E-state index contributed by atoms with van der Waals surface area (Å²) in [5.41, 5.74) is 1.05. The number of ether oxygens (including phenoxy) is 1. The summed E-state index contributed by atoms with van der Waals surface area (Å²) in [6.07, 6.45) is 0.0313. The largest absolute Gasteiger partial charge is 0.496 e. The summed E-state index contributed by atoms with van der Waals surface area (Å²) in [4.78, 5) is 57.5. The molecule has 1 heterocycles. The molecule has 1 aromatic carbocycles. The first-order valence-electron chi connectivity index (χ1n) is 12.6. The number of thiocarbonyl (C=S) groups is 1. The van der Waals surface area contributed by atoms with E-state index >= 15 is 0 Å². The molecule has 14 nitrogen and oxygen atoms in total. The molecule has 1 saturated heterocycles. The highest BCUT2D eigenvalue weighted by molar-refractivity contribution is 7.78. The third-order valence-electron chi connectivity index (χ3n) is 6.53. The molecule has 2 rings (SSSR count). The van der Waals surface area contributed by atoms with E-state index in [2.05, 4.69) is 22.4 Å². The molecule has 0 aliphatic carbocycles. The molecule has 1 fully saturated rings. The lowest BCUT2D eigenvalue weighted by Crippen LogP contribution is -2.52. The van der Waals surface area contributed by atoms with Crippen LogP contribution < -0.4 is 4.74 Å². The highest BCUT2D eigenvalue weighted by Gasteiger charge is 2.29. The zero-order chi connectivity index (χ0) is 29.7. The number of hydrogen-bond donors (Lipinski definition) is 4. The maximum atomic E-state index is 12.5. The summed E-state index contributed by atoms with van der Waals surface area (Å²) in [6.45, 7) is 0.805. The van der Waals surface area contributed by atoms with Gasteiger partial charge in [0.25, 0.3) is 0 Å². The molecule has 40 heavy (non-hydrogen) atoms. The lowest BCUT2D eigenvalue weighted by Gasteiger charge is -2.35. The third-order valence-corrected chi connectivity index (χ3v) is 6.62.